The quantitative estimate of drug-likeness (QED) is 0.0261. The molecule has 0 radical (unpaired) electrons. The van der Waals surface area contributed by atoms with Crippen LogP contribution in [-0.2, 0) is 28.6 Å². The summed E-state index contributed by atoms with van der Waals surface area (Å²) in [6.45, 7) is 6.52. The highest BCUT2D eigenvalue weighted by Gasteiger charge is 2.19. The number of ether oxygens (including phenoxy) is 3. The van der Waals surface area contributed by atoms with Crippen molar-refractivity contribution in [3.05, 3.63) is 48.6 Å². The zero-order chi connectivity index (χ0) is 54.3. The van der Waals surface area contributed by atoms with Crippen molar-refractivity contribution in [1.82, 2.24) is 0 Å². The molecular weight excluding hydrogens is 925 g/mol. The molecule has 0 aromatic rings. The Morgan fingerprint density at radius 1 is 0.280 bits per heavy atom. The summed E-state index contributed by atoms with van der Waals surface area (Å²) in [5, 5.41) is 0. The van der Waals surface area contributed by atoms with Gasteiger partial charge in [0.1, 0.15) is 13.2 Å². The third-order valence-electron chi connectivity index (χ3n) is 14.8. The van der Waals surface area contributed by atoms with Crippen LogP contribution >= 0.6 is 0 Å². The maximum atomic E-state index is 12.8. The Morgan fingerprint density at radius 2 is 0.520 bits per heavy atom. The van der Waals surface area contributed by atoms with Crippen molar-refractivity contribution >= 4 is 17.9 Å². The lowest BCUT2D eigenvalue weighted by Crippen LogP contribution is -2.30. The Labute approximate surface area is 467 Å². The Morgan fingerprint density at radius 3 is 0.813 bits per heavy atom. The molecule has 0 bridgehead atoms. The molecule has 0 aromatic heterocycles. The lowest BCUT2D eigenvalue weighted by molar-refractivity contribution is -0.167. The second-order valence-electron chi connectivity index (χ2n) is 22.4. The Bertz CT molecular complexity index is 1300. The van der Waals surface area contributed by atoms with E-state index >= 15 is 0 Å². The minimum atomic E-state index is -0.791. The fraction of sp³-hybridized carbons (Fsp3) is 0.841. The van der Waals surface area contributed by atoms with Crippen molar-refractivity contribution in [2.24, 2.45) is 0 Å². The first-order valence-corrected chi connectivity index (χ1v) is 33.1. The molecule has 0 spiro atoms. The van der Waals surface area contributed by atoms with Gasteiger partial charge in [-0.2, -0.15) is 0 Å². The highest BCUT2D eigenvalue weighted by atomic mass is 16.6. The topological polar surface area (TPSA) is 78.9 Å². The van der Waals surface area contributed by atoms with Crippen LogP contribution in [0.5, 0.6) is 0 Å². The van der Waals surface area contributed by atoms with E-state index in [1.54, 1.807) is 0 Å². The van der Waals surface area contributed by atoms with Crippen LogP contribution in [0.15, 0.2) is 48.6 Å². The molecule has 0 amide bonds. The molecule has 0 fully saturated rings. The summed E-state index contributed by atoms with van der Waals surface area (Å²) in [5.41, 5.74) is 0. The van der Waals surface area contributed by atoms with E-state index in [4.69, 9.17) is 14.2 Å². The average Bonchev–Trinajstić information content (AvgIpc) is 3.41. The van der Waals surface area contributed by atoms with Gasteiger partial charge in [-0.3, -0.25) is 14.4 Å². The predicted octanol–water partition coefficient (Wildman–Crippen LogP) is 22.6. The van der Waals surface area contributed by atoms with E-state index in [0.29, 0.717) is 19.3 Å². The molecule has 0 rings (SSSR count). The van der Waals surface area contributed by atoms with E-state index in [0.717, 1.165) is 77.0 Å². The van der Waals surface area contributed by atoms with Crippen LogP contribution in [0.1, 0.15) is 355 Å². The maximum absolute atomic E-state index is 12.8. The van der Waals surface area contributed by atoms with Crippen LogP contribution in [-0.4, -0.2) is 37.2 Å². The van der Waals surface area contributed by atoms with Gasteiger partial charge in [-0.25, -0.2) is 0 Å². The molecule has 0 saturated heterocycles. The van der Waals surface area contributed by atoms with Gasteiger partial charge in [-0.05, 0) is 57.8 Å². The lowest BCUT2D eigenvalue weighted by Gasteiger charge is -2.18. The van der Waals surface area contributed by atoms with Gasteiger partial charge in [-0.1, -0.05) is 326 Å². The summed E-state index contributed by atoms with van der Waals surface area (Å²) in [7, 11) is 0. The number of carbonyl (C=O) groups is 3. The Hall–Kier alpha value is -2.63. The van der Waals surface area contributed by atoms with Crippen LogP contribution in [0.4, 0.5) is 0 Å². The van der Waals surface area contributed by atoms with Crippen LogP contribution in [0, 0.1) is 0 Å². The molecule has 0 aliphatic heterocycles. The van der Waals surface area contributed by atoms with Gasteiger partial charge in [0, 0.05) is 19.3 Å². The SMILES string of the molecule is CC/C=C\C/C=C\C/C=C\C/C=C\CCCCC(=O)OC(COC(=O)CCCCCCCCCCC)COC(=O)CCCCCCCCCCCCCCCCCCCCCCCCCCCCCCCCCCC. The first kappa shape index (κ1) is 72.4. The van der Waals surface area contributed by atoms with E-state index in [2.05, 4.69) is 69.4 Å². The van der Waals surface area contributed by atoms with E-state index in [-0.39, 0.29) is 37.5 Å². The van der Waals surface area contributed by atoms with Gasteiger partial charge < -0.3 is 14.2 Å². The van der Waals surface area contributed by atoms with E-state index in [9.17, 15) is 14.4 Å². The molecule has 6 nitrogen and oxygen atoms in total. The summed E-state index contributed by atoms with van der Waals surface area (Å²) in [6, 6.07) is 0. The second-order valence-corrected chi connectivity index (χ2v) is 22.4. The molecule has 0 aliphatic carbocycles. The molecule has 0 N–H and O–H groups in total. The standard InChI is InChI=1S/C69H126O6/c1-4-7-10-13-16-19-21-23-25-26-27-28-29-30-31-32-33-34-35-36-37-38-39-40-41-42-44-45-47-50-53-56-59-62-68(71)74-65-66(64-73-67(70)61-58-55-52-49-18-15-12-9-6-3)75-69(72)63-60-57-54-51-48-46-43-24-22-20-17-14-11-8-5-2/h8,11,17,20,24,43,48,51,66H,4-7,9-10,12-16,18-19,21-23,25-42,44-47,49-50,52-65H2,1-3H3/b11-8-,20-17-,43-24-,51-48-. The largest absolute Gasteiger partial charge is 0.462 e. The summed E-state index contributed by atoms with van der Waals surface area (Å²) >= 11 is 0. The van der Waals surface area contributed by atoms with Gasteiger partial charge >= 0.3 is 17.9 Å². The molecule has 0 heterocycles. The van der Waals surface area contributed by atoms with Crippen LogP contribution < -0.4 is 0 Å². The summed E-state index contributed by atoms with van der Waals surface area (Å²) in [6.07, 6.45) is 80.3. The number of hydrogen-bond acceptors (Lipinski definition) is 6. The van der Waals surface area contributed by atoms with Gasteiger partial charge in [0.05, 0.1) is 0 Å². The minimum absolute atomic E-state index is 0.0858. The number of rotatable bonds is 61. The number of allylic oxidation sites excluding steroid dienone is 8. The first-order valence-electron chi connectivity index (χ1n) is 33.1. The van der Waals surface area contributed by atoms with Crippen molar-refractivity contribution in [2.45, 2.75) is 361 Å². The zero-order valence-corrected chi connectivity index (χ0v) is 50.3. The van der Waals surface area contributed by atoms with Crippen molar-refractivity contribution in [3.63, 3.8) is 0 Å². The van der Waals surface area contributed by atoms with E-state index in [1.807, 2.05) is 0 Å². The van der Waals surface area contributed by atoms with Gasteiger partial charge in [0.15, 0.2) is 6.10 Å². The van der Waals surface area contributed by atoms with Crippen molar-refractivity contribution in [1.29, 1.82) is 0 Å². The van der Waals surface area contributed by atoms with Crippen LogP contribution in [0.25, 0.3) is 0 Å². The van der Waals surface area contributed by atoms with Crippen molar-refractivity contribution < 1.29 is 28.6 Å². The Balaban J connectivity index is 4.01. The number of unbranched alkanes of at least 4 members (excludes halogenated alkanes) is 42. The average molecular weight is 1050 g/mol. The normalized spacial score (nSPS) is 12.3. The van der Waals surface area contributed by atoms with E-state index < -0.39 is 6.10 Å². The van der Waals surface area contributed by atoms with Crippen LogP contribution in [0.3, 0.4) is 0 Å². The fourth-order valence-corrected chi connectivity index (χ4v) is 9.91. The third kappa shape index (κ3) is 62.1. The smallest absolute Gasteiger partial charge is 0.306 e. The highest BCUT2D eigenvalue weighted by Crippen LogP contribution is 2.18. The van der Waals surface area contributed by atoms with Crippen molar-refractivity contribution in [3.8, 4) is 0 Å². The number of hydrogen-bond donors (Lipinski definition) is 0. The number of carbonyl (C=O) groups excluding carboxylic acids is 3. The lowest BCUT2D eigenvalue weighted by atomic mass is 10.0. The van der Waals surface area contributed by atoms with Crippen LogP contribution in [0.2, 0.25) is 0 Å². The molecule has 438 valence electrons. The molecule has 0 aromatic carbocycles. The van der Waals surface area contributed by atoms with Gasteiger partial charge in [0.25, 0.3) is 0 Å². The molecular formula is C69H126O6. The second kappa shape index (κ2) is 63.9. The zero-order valence-electron chi connectivity index (χ0n) is 50.3. The molecule has 0 aliphatic rings. The fourth-order valence-electron chi connectivity index (χ4n) is 9.91. The molecule has 6 heteroatoms. The highest BCUT2D eigenvalue weighted by molar-refractivity contribution is 5.71. The van der Waals surface area contributed by atoms with Gasteiger partial charge in [0.2, 0.25) is 0 Å². The van der Waals surface area contributed by atoms with Gasteiger partial charge in [-0.15, -0.1) is 0 Å². The minimum Gasteiger partial charge on any atom is -0.462 e. The maximum Gasteiger partial charge on any atom is 0.306 e. The summed E-state index contributed by atoms with van der Waals surface area (Å²) in [4.78, 5) is 38.1. The molecule has 1 unspecified atom stereocenters. The monoisotopic (exact) mass is 1050 g/mol. The van der Waals surface area contributed by atoms with E-state index in [1.165, 1.54) is 231 Å². The Kier molecular flexibility index (Phi) is 61.7. The summed E-state index contributed by atoms with van der Waals surface area (Å²) in [5.74, 6) is -0.914. The molecule has 1 atom stereocenters. The number of esters is 3. The predicted molar refractivity (Wildman–Crippen MR) is 325 cm³/mol. The summed E-state index contributed by atoms with van der Waals surface area (Å²) < 4.78 is 16.8. The van der Waals surface area contributed by atoms with Crippen molar-refractivity contribution in [2.75, 3.05) is 13.2 Å². The first-order chi connectivity index (χ1) is 37.0. The molecule has 75 heavy (non-hydrogen) atoms. The molecule has 0 saturated carbocycles. The third-order valence-corrected chi connectivity index (χ3v) is 14.8.